The van der Waals surface area contributed by atoms with Crippen molar-refractivity contribution in [2.45, 2.75) is 96.5 Å². The van der Waals surface area contributed by atoms with E-state index >= 15 is 0 Å². The standard InChI is InChI=1S/C24H33NO3.C2H6/c1-2-20(18-4-3-5-19(25)14-18)22-21(26)15-24(28-23(22)27,12-10-16-6-7-16)13-11-17-8-9-17;1-2/h3-5,14,16-17,20,26H,2,6-13,15,25H2,1H3;1-2H3. The Hall–Kier alpha value is -1.97. The number of nitrogen functional groups attached to an aromatic ring is 1. The topological polar surface area (TPSA) is 72.5 Å². The first kappa shape index (κ1) is 22.7. The zero-order valence-electron chi connectivity index (χ0n) is 19.0. The molecular formula is C26H39NO3. The Morgan fingerprint density at radius 2 is 1.73 bits per heavy atom. The van der Waals surface area contributed by atoms with Crippen molar-refractivity contribution in [1.29, 1.82) is 0 Å². The van der Waals surface area contributed by atoms with Crippen LogP contribution in [0, 0.1) is 11.8 Å². The Balaban J connectivity index is 0.00000124. The Morgan fingerprint density at radius 1 is 1.13 bits per heavy atom. The van der Waals surface area contributed by atoms with Gasteiger partial charge >= 0.3 is 5.97 Å². The molecule has 0 aromatic heterocycles. The first-order valence-corrected chi connectivity index (χ1v) is 12.0. The van der Waals surface area contributed by atoms with Gasteiger partial charge < -0.3 is 15.6 Å². The van der Waals surface area contributed by atoms with E-state index in [1.165, 1.54) is 25.7 Å². The summed E-state index contributed by atoms with van der Waals surface area (Å²) in [5, 5.41) is 11.0. The van der Waals surface area contributed by atoms with E-state index < -0.39 is 5.60 Å². The summed E-state index contributed by atoms with van der Waals surface area (Å²) in [5.41, 5.74) is 7.50. The predicted octanol–water partition coefficient (Wildman–Crippen LogP) is 6.67. The molecule has 4 nitrogen and oxygen atoms in total. The number of esters is 1. The SMILES string of the molecule is CC.CCC(C1=C(O)CC(CCC2CC2)(CCC2CC2)OC1=O)c1cccc(N)c1. The van der Waals surface area contributed by atoms with Crippen LogP contribution >= 0.6 is 0 Å². The van der Waals surface area contributed by atoms with Gasteiger partial charge in [-0.2, -0.15) is 0 Å². The number of ether oxygens (including phenoxy) is 1. The fourth-order valence-electron chi connectivity index (χ4n) is 4.68. The van der Waals surface area contributed by atoms with Crippen LogP contribution in [0.15, 0.2) is 35.6 Å². The molecule has 1 heterocycles. The van der Waals surface area contributed by atoms with Crippen molar-refractivity contribution in [3.05, 3.63) is 41.2 Å². The van der Waals surface area contributed by atoms with Crippen LogP contribution in [-0.4, -0.2) is 16.7 Å². The summed E-state index contributed by atoms with van der Waals surface area (Å²) in [4.78, 5) is 13.1. The second-order valence-electron chi connectivity index (χ2n) is 9.20. The van der Waals surface area contributed by atoms with Crippen LogP contribution in [0.1, 0.15) is 96.5 Å². The molecule has 0 amide bonds. The monoisotopic (exact) mass is 413 g/mol. The molecule has 2 fully saturated rings. The third-order valence-corrected chi connectivity index (χ3v) is 6.81. The van der Waals surface area contributed by atoms with E-state index in [0.29, 0.717) is 17.7 Å². The number of carbonyl (C=O) groups is 1. The predicted molar refractivity (Wildman–Crippen MR) is 122 cm³/mol. The summed E-state index contributed by atoms with van der Waals surface area (Å²) in [6.45, 7) is 6.03. The summed E-state index contributed by atoms with van der Waals surface area (Å²) < 4.78 is 6.16. The third-order valence-electron chi connectivity index (χ3n) is 6.81. The molecule has 4 rings (SSSR count). The first-order valence-electron chi connectivity index (χ1n) is 12.0. The van der Waals surface area contributed by atoms with E-state index in [-0.39, 0.29) is 17.6 Å². The Bertz CT molecular complexity index is 745. The zero-order valence-corrected chi connectivity index (χ0v) is 19.0. The number of cyclic esters (lactones) is 1. The van der Waals surface area contributed by atoms with Crippen molar-refractivity contribution >= 4 is 11.7 Å². The minimum absolute atomic E-state index is 0.180. The molecule has 0 radical (unpaired) electrons. The fraction of sp³-hybridized carbons (Fsp3) is 0.654. The fourth-order valence-corrected chi connectivity index (χ4v) is 4.68. The van der Waals surface area contributed by atoms with Crippen LogP contribution in [0.3, 0.4) is 0 Å². The Kier molecular flexibility index (Phi) is 7.49. The molecule has 1 aliphatic heterocycles. The van der Waals surface area contributed by atoms with Crippen LogP contribution in [0.4, 0.5) is 5.69 Å². The molecule has 1 aromatic carbocycles. The molecule has 166 valence electrons. The van der Waals surface area contributed by atoms with Crippen molar-refractivity contribution in [3.63, 3.8) is 0 Å². The number of aliphatic hydroxyl groups is 1. The van der Waals surface area contributed by atoms with Gasteiger partial charge in [0.1, 0.15) is 11.4 Å². The van der Waals surface area contributed by atoms with Crippen LogP contribution < -0.4 is 5.73 Å². The van der Waals surface area contributed by atoms with Crippen LogP contribution in [0.2, 0.25) is 0 Å². The Labute approximate surface area is 181 Å². The quantitative estimate of drug-likeness (QED) is 0.350. The van der Waals surface area contributed by atoms with Crippen molar-refractivity contribution < 1.29 is 14.6 Å². The Morgan fingerprint density at radius 3 is 2.20 bits per heavy atom. The summed E-state index contributed by atoms with van der Waals surface area (Å²) in [6.07, 6.45) is 10.3. The second-order valence-corrected chi connectivity index (χ2v) is 9.20. The van der Waals surface area contributed by atoms with Crippen molar-refractivity contribution in [1.82, 2.24) is 0 Å². The van der Waals surface area contributed by atoms with Gasteiger partial charge in [0.05, 0.1) is 5.57 Å². The number of benzene rings is 1. The van der Waals surface area contributed by atoms with Gasteiger partial charge in [0.25, 0.3) is 0 Å². The van der Waals surface area contributed by atoms with Gasteiger partial charge in [0, 0.05) is 18.0 Å². The number of anilines is 1. The molecule has 2 aliphatic carbocycles. The molecule has 1 aromatic rings. The zero-order chi connectivity index (χ0) is 21.7. The van der Waals surface area contributed by atoms with Crippen molar-refractivity contribution in [2.24, 2.45) is 11.8 Å². The molecule has 2 saturated carbocycles. The lowest BCUT2D eigenvalue weighted by Gasteiger charge is -2.39. The maximum Gasteiger partial charge on any atom is 0.338 e. The number of nitrogens with two attached hydrogens (primary N) is 1. The molecule has 1 unspecified atom stereocenters. The van der Waals surface area contributed by atoms with E-state index in [2.05, 4.69) is 0 Å². The highest BCUT2D eigenvalue weighted by molar-refractivity contribution is 5.92. The normalized spacial score (nSPS) is 21.5. The molecule has 4 heteroatoms. The second kappa shape index (κ2) is 9.89. The van der Waals surface area contributed by atoms with Crippen LogP contribution in [0.5, 0.6) is 0 Å². The highest BCUT2D eigenvalue weighted by Crippen LogP contribution is 2.46. The molecule has 3 aliphatic rings. The number of carbonyl (C=O) groups excluding carboxylic acids is 1. The van der Waals surface area contributed by atoms with Crippen LogP contribution in [-0.2, 0) is 9.53 Å². The van der Waals surface area contributed by atoms with Gasteiger partial charge in [-0.25, -0.2) is 4.79 Å². The summed E-state index contributed by atoms with van der Waals surface area (Å²) >= 11 is 0. The lowest BCUT2D eigenvalue weighted by molar-refractivity contribution is -0.161. The highest BCUT2D eigenvalue weighted by atomic mass is 16.6. The summed E-state index contributed by atoms with van der Waals surface area (Å²) in [5.74, 6) is 1.31. The van der Waals surface area contributed by atoms with E-state index in [1.807, 2.05) is 45.0 Å². The van der Waals surface area contributed by atoms with Gasteiger partial charge in [0.15, 0.2) is 0 Å². The van der Waals surface area contributed by atoms with Gasteiger partial charge in [-0.3, -0.25) is 0 Å². The minimum atomic E-state index is -0.510. The van der Waals surface area contributed by atoms with E-state index in [4.69, 9.17) is 10.5 Å². The molecule has 1 atom stereocenters. The maximum absolute atomic E-state index is 13.1. The van der Waals surface area contributed by atoms with Gasteiger partial charge in [-0.1, -0.05) is 58.6 Å². The molecule has 0 bridgehead atoms. The highest BCUT2D eigenvalue weighted by Gasteiger charge is 2.45. The number of rotatable bonds is 9. The molecular weight excluding hydrogens is 374 g/mol. The van der Waals surface area contributed by atoms with E-state index in [1.54, 1.807) is 0 Å². The average molecular weight is 414 g/mol. The number of hydrogen-bond acceptors (Lipinski definition) is 4. The largest absolute Gasteiger partial charge is 0.512 e. The third kappa shape index (κ3) is 5.59. The molecule has 0 saturated heterocycles. The first-order chi connectivity index (χ1) is 14.5. The lowest BCUT2D eigenvalue weighted by atomic mass is 9.79. The number of aliphatic hydroxyl groups excluding tert-OH is 1. The van der Waals surface area contributed by atoms with Gasteiger partial charge in [-0.05, 0) is 61.6 Å². The van der Waals surface area contributed by atoms with Crippen molar-refractivity contribution in [3.8, 4) is 0 Å². The maximum atomic E-state index is 13.1. The van der Waals surface area contributed by atoms with Crippen molar-refractivity contribution in [2.75, 3.05) is 5.73 Å². The summed E-state index contributed by atoms with van der Waals surface area (Å²) in [7, 11) is 0. The van der Waals surface area contributed by atoms with E-state index in [0.717, 1.165) is 49.5 Å². The smallest absolute Gasteiger partial charge is 0.338 e. The van der Waals surface area contributed by atoms with Gasteiger partial charge in [0.2, 0.25) is 0 Å². The van der Waals surface area contributed by atoms with Gasteiger partial charge in [-0.15, -0.1) is 0 Å². The lowest BCUT2D eigenvalue weighted by Crippen LogP contribution is -2.41. The summed E-state index contributed by atoms with van der Waals surface area (Å²) in [6, 6.07) is 7.60. The molecule has 3 N–H and O–H groups in total. The number of hydrogen-bond donors (Lipinski definition) is 2. The minimum Gasteiger partial charge on any atom is -0.512 e. The van der Waals surface area contributed by atoms with Crippen LogP contribution in [0.25, 0.3) is 0 Å². The molecule has 30 heavy (non-hydrogen) atoms. The van der Waals surface area contributed by atoms with E-state index in [9.17, 15) is 9.90 Å². The average Bonchev–Trinajstić information content (AvgIpc) is 3.64. The molecule has 0 spiro atoms.